The van der Waals surface area contributed by atoms with Crippen molar-refractivity contribution in [1.29, 1.82) is 0 Å². The van der Waals surface area contributed by atoms with Gasteiger partial charge in [0.15, 0.2) is 0 Å². The van der Waals surface area contributed by atoms with E-state index in [1.165, 1.54) is 12.3 Å². The highest BCUT2D eigenvalue weighted by atomic mass is 16.6. The lowest BCUT2D eigenvalue weighted by atomic mass is 10.2. The first kappa shape index (κ1) is 10.8. The van der Waals surface area contributed by atoms with Crippen LogP contribution in [0.5, 0.6) is 0 Å². The first-order chi connectivity index (χ1) is 7.68. The molecule has 1 aliphatic rings. The van der Waals surface area contributed by atoms with Gasteiger partial charge in [-0.2, -0.15) is 0 Å². The molecule has 0 aromatic carbocycles. The summed E-state index contributed by atoms with van der Waals surface area (Å²) in [6, 6.07) is 3.60. The van der Waals surface area contributed by atoms with E-state index < -0.39 is 4.92 Å². The molecule has 0 spiro atoms. The van der Waals surface area contributed by atoms with Crippen LogP contribution in [0.25, 0.3) is 0 Å². The lowest BCUT2D eigenvalue weighted by molar-refractivity contribution is -0.385. The molecular formula is C10H14N4O2. The lowest BCUT2D eigenvalue weighted by Gasteiger charge is -2.24. The maximum absolute atomic E-state index is 10.5. The van der Waals surface area contributed by atoms with Crippen LogP contribution < -0.4 is 10.2 Å². The molecule has 1 fully saturated rings. The van der Waals surface area contributed by atoms with Crippen LogP contribution in [-0.2, 0) is 0 Å². The fraction of sp³-hybridized carbons (Fsp3) is 0.500. The second-order valence-electron chi connectivity index (χ2n) is 3.89. The molecule has 6 nitrogen and oxygen atoms in total. The fourth-order valence-electron chi connectivity index (χ4n) is 1.85. The van der Waals surface area contributed by atoms with Gasteiger partial charge in [0, 0.05) is 25.7 Å². The van der Waals surface area contributed by atoms with E-state index in [9.17, 15) is 10.1 Å². The minimum atomic E-state index is -0.437. The van der Waals surface area contributed by atoms with Gasteiger partial charge in [-0.3, -0.25) is 10.1 Å². The topological polar surface area (TPSA) is 71.3 Å². The molecular weight excluding hydrogens is 208 g/mol. The number of likely N-dealkylation sites (N-methyl/N-ethyl adjacent to an activating group) is 1. The van der Waals surface area contributed by atoms with Gasteiger partial charge in [-0.15, -0.1) is 0 Å². The molecule has 0 aliphatic carbocycles. The summed E-state index contributed by atoms with van der Waals surface area (Å²) < 4.78 is 0. The summed E-state index contributed by atoms with van der Waals surface area (Å²) in [6.45, 7) is 1.96. The van der Waals surface area contributed by atoms with Gasteiger partial charge in [0.05, 0.1) is 4.92 Å². The molecule has 1 aromatic heterocycles. The Hall–Kier alpha value is -1.69. The zero-order chi connectivity index (χ0) is 11.5. The van der Waals surface area contributed by atoms with Crippen LogP contribution in [0, 0.1) is 10.1 Å². The van der Waals surface area contributed by atoms with E-state index >= 15 is 0 Å². The predicted octanol–water partition coefficient (Wildman–Crippen LogP) is 0.788. The van der Waals surface area contributed by atoms with Crippen molar-refractivity contribution in [3.63, 3.8) is 0 Å². The molecule has 2 rings (SSSR count). The maximum atomic E-state index is 10.5. The second kappa shape index (κ2) is 4.44. The quantitative estimate of drug-likeness (QED) is 0.604. The molecule has 0 bridgehead atoms. The smallest absolute Gasteiger partial charge is 0.287 e. The molecule has 1 saturated heterocycles. The molecule has 2 heterocycles. The minimum Gasteiger partial charge on any atom is -0.355 e. The molecule has 86 valence electrons. The van der Waals surface area contributed by atoms with E-state index in [4.69, 9.17) is 0 Å². The Morgan fingerprint density at radius 3 is 2.94 bits per heavy atom. The molecule has 0 radical (unpaired) electrons. The van der Waals surface area contributed by atoms with Crippen molar-refractivity contribution < 1.29 is 4.92 Å². The van der Waals surface area contributed by atoms with E-state index in [0.29, 0.717) is 6.04 Å². The third-order valence-corrected chi connectivity index (χ3v) is 2.89. The Labute approximate surface area is 93.4 Å². The number of anilines is 1. The highest BCUT2D eigenvalue weighted by Gasteiger charge is 2.20. The van der Waals surface area contributed by atoms with Gasteiger partial charge in [-0.1, -0.05) is 0 Å². The fourth-order valence-corrected chi connectivity index (χ4v) is 1.85. The Balaban J connectivity index is 2.11. The van der Waals surface area contributed by atoms with Crippen LogP contribution in [0.1, 0.15) is 6.42 Å². The first-order valence-corrected chi connectivity index (χ1v) is 5.22. The number of nitrogens with one attached hydrogen (secondary N) is 1. The summed E-state index contributed by atoms with van der Waals surface area (Å²) in [5.41, 5.74) is 0.0293. The van der Waals surface area contributed by atoms with E-state index in [2.05, 4.69) is 15.2 Å². The third-order valence-electron chi connectivity index (χ3n) is 2.89. The molecule has 16 heavy (non-hydrogen) atoms. The number of nitrogens with zero attached hydrogens (tertiary/aromatic N) is 3. The van der Waals surface area contributed by atoms with Gasteiger partial charge in [0.1, 0.15) is 12.0 Å². The minimum absolute atomic E-state index is 0.0293. The zero-order valence-corrected chi connectivity index (χ0v) is 9.09. The summed E-state index contributed by atoms with van der Waals surface area (Å²) in [5.74, 6) is 0.777. The molecule has 6 heteroatoms. The average Bonchev–Trinajstić information content (AvgIpc) is 2.81. The van der Waals surface area contributed by atoms with Gasteiger partial charge in [0.2, 0.25) is 0 Å². The normalized spacial score (nSPS) is 19.7. The average molecular weight is 222 g/mol. The SMILES string of the molecule is CN(c1ccc([N+](=O)[O-])cn1)[C@@H]1CCNC1. The highest BCUT2D eigenvalue weighted by Crippen LogP contribution is 2.18. The van der Waals surface area contributed by atoms with Gasteiger partial charge >= 0.3 is 0 Å². The summed E-state index contributed by atoms with van der Waals surface area (Å²) in [6.07, 6.45) is 2.38. The van der Waals surface area contributed by atoms with Gasteiger partial charge in [0.25, 0.3) is 5.69 Å². The molecule has 0 saturated carbocycles. The molecule has 1 aromatic rings. The van der Waals surface area contributed by atoms with Crippen LogP contribution in [0.2, 0.25) is 0 Å². The number of pyridine rings is 1. The number of aromatic nitrogens is 1. The Morgan fingerprint density at radius 2 is 2.44 bits per heavy atom. The number of hydrogen-bond acceptors (Lipinski definition) is 5. The molecule has 1 atom stereocenters. The van der Waals surface area contributed by atoms with E-state index in [1.54, 1.807) is 6.07 Å². The zero-order valence-electron chi connectivity index (χ0n) is 9.09. The van der Waals surface area contributed by atoms with Crippen molar-refractivity contribution in [2.75, 3.05) is 25.0 Å². The highest BCUT2D eigenvalue weighted by molar-refractivity contribution is 5.43. The number of nitro groups is 1. The Morgan fingerprint density at radius 1 is 1.62 bits per heavy atom. The van der Waals surface area contributed by atoms with Crippen LogP contribution in [0.15, 0.2) is 18.3 Å². The van der Waals surface area contributed by atoms with Gasteiger partial charge < -0.3 is 10.2 Å². The van der Waals surface area contributed by atoms with E-state index in [1.807, 2.05) is 7.05 Å². The Bertz CT molecular complexity index is 373. The van der Waals surface area contributed by atoms with Crippen LogP contribution in [-0.4, -0.2) is 36.1 Å². The Kier molecular flexibility index (Phi) is 3.00. The summed E-state index contributed by atoms with van der Waals surface area (Å²) in [4.78, 5) is 16.2. The molecule has 0 unspecified atom stereocenters. The van der Waals surface area contributed by atoms with Crippen LogP contribution >= 0.6 is 0 Å². The predicted molar refractivity (Wildman–Crippen MR) is 60.6 cm³/mol. The second-order valence-corrected chi connectivity index (χ2v) is 3.89. The molecule has 1 aliphatic heterocycles. The van der Waals surface area contributed by atoms with Crippen LogP contribution in [0.3, 0.4) is 0 Å². The standard InChI is InChI=1S/C10H14N4O2/c1-13(8-4-5-11-6-8)10-3-2-9(7-12-10)14(15)16/h2-3,7-8,11H,4-6H2,1H3/t8-/m1/s1. The van der Waals surface area contributed by atoms with Gasteiger partial charge in [-0.05, 0) is 19.0 Å². The van der Waals surface area contributed by atoms with Crippen molar-refractivity contribution in [1.82, 2.24) is 10.3 Å². The van der Waals surface area contributed by atoms with Gasteiger partial charge in [-0.25, -0.2) is 4.98 Å². The van der Waals surface area contributed by atoms with Crippen molar-refractivity contribution in [2.45, 2.75) is 12.5 Å². The third kappa shape index (κ3) is 2.11. The molecule has 1 N–H and O–H groups in total. The maximum Gasteiger partial charge on any atom is 0.287 e. The summed E-state index contributed by atoms with van der Waals surface area (Å²) >= 11 is 0. The van der Waals surface area contributed by atoms with E-state index in [-0.39, 0.29) is 5.69 Å². The van der Waals surface area contributed by atoms with Crippen molar-refractivity contribution in [3.05, 3.63) is 28.4 Å². The first-order valence-electron chi connectivity index (χ1n) is 5.22. The largest absolute Gasteiger partial charge is 0.355 e. The summed E-state index contributed by atoms with van der Waals surface area (Å²) in [7, 11) is 1.96. The lowest BCUT2D eigenvalue weighted by Crippen LogP contribution is -2.33. The van der Waals surface area contributed by atoms with Crippen LogP contribution in [0.4, 0.5) is 11.5 Å². The monoisotopic (exact) mass is 222 g/mol. The van der Waals surface area contributed by atoms with Crippen molar-refractivity contribution >= 4 is 11.5 Å². The number of rotatable bonds is 3. The summed E-state index contributed by atoms with van der Waals surface area (Å²) in [5, 5.41) is 13.8. The van der Waals surface area contributed by atoms with E-state index in [0.717, 1.165) is 25.3 Å². The van der Waals surface area contributed by atoms with Crippen molar-refractivity contribution in [3.8, 4) is 0 Å². The number of hydrogen-bond donors (Lipinski definition) is 1. The van der Waals surface area contributed by atoms with Crippen molar-refractivity contribution in [2.24, 2.45) is 0 Å². The molecule has 0 amide bonds.